The van der Waals surface area contributed by atoms with E-state index in [1.165, 1.54) is 0 Å². The van der Waals surface area contributed by atoms with Crippen LogP contribution in [0.25, 0.3) is 5.69 Å². The average molecular weight is 566 g/mol. The Kier molecular flexibility index (Phi) is 7.61. The fraction of sp³-hybridized carbons (Fsp3) is 0.448. The standard InChI is InChI=1S/C29H35N5O3S2/c1-19-6-8-22(9-7-19)34-28-25(27(30-34)29(3,4)5)26(21-10-15-38-17-21)39-18-24(37)33(28)16-23(36)32-13-11-31(12-14-32)20(2)35/h6-10,15,17,26H,11-14,16,18H2,1-5H3/t26-/m1/s1. The monoisotopic (exact) mass is 565 g/mol. The van der Waals surface area contributed by atoms with E-state index in [0.29, 0.717) is 32.0 Å². The van der Waals surface area contributed by atoms with Gasteiger partial charge in [0.2, 0.25) is 17.7 Å². The number of carbonyl (C=O) groups is 3. The summed E-state index contributed by atoms with van der Waals surface area (Å²) in [5.74, 6) is 0.722. The Hall–Kier alpha value is -3.11. The number of aromatic nitrogens is 2. The molecule has 0 spiro atoms. The lowest BCUT2D eigenvalue weighted by atomic mass is 9.87. The number of fused-ring (bicyclic) bond motifs is 1. The van der Waals surface area contributed by atoms with Crippen molar-refractivity contribution in [3.05, 3.63) is 63.5 Å². The summed E-state index contributed by atoms with van der Waals surface area (Å²) in [6.07, 6.45) is 0. The van der Waals surface area contributed by atoms with Gasteiger partial charge < -0.3 is 9.80 Å². The summed E-state index contributed by atoms with van der Waals surface area (Å²) >= 11 is 3.23. The zero-order chi connectivity index (χ0) is 27.9. The largest absolute Gasteiger partial charge is 0.339 e. The molecule has 10 heteroatoms. The third kappa shape index (κ3) is 5.49. The molecule has 2 aliphatic rings. The lowest BCUT2D eigenvalue weighted by molar-refractivity contribution is -0.137. The van der Waals surface area contributed by atoms with Gasteiger partial charge in [-0.3, -0.25) is 19.3 Å². The van der Waals surface area contributed by atoms with Gasteiger partial charge in [0.25, 0.3) is 0 Å². The van der Waals surface area contributed by atoms with Crippen molar-refractivity contribution in [1.82, 2.24) is 19.6 Å². The van der Waals surface area contributed by atoms with Crippen molar-refractivity contribution in [1.29, 1.82) is 0 Å². The molecule has 0 N–H and O–H groups in total. The fourth-order valence-electron chi connectivity index (χ4n) is 5.13. The number of thioether (sulfide) groups is 1. The van der Waals surface area contributed by atoms with E-state index in [1.54, 1.807) is 44.7 Å². The zero-order valence-electron chi connectivity index (χ0n) is 23.1. The Bertz CT molecular complexity index is 1370. The number of nitrogens with zero attached hydrogens (tertiary/aromatic N) is 5. The number of piperazine rings is 1. The van der Waals surface area contributed by atoms with Crippen molar-refractivity contribution in [2.75, 3.05) is 43.4 Å². The van der Waals surface area contributed by atoms with Crippen molar-refractivity contribution in [3.63, 3.8) is 0 Å². The van der Waals surface area contributed by atoms with Gasteiger partial charge in [0, 0.05) is 44.1 Å². The van der Waals surface area contributed by atoms with E-state index >= 15 is 0 Å². The maximum Gasteiger partial charge on any atom is 0.242 e. The molecule has 39 heavy (non-hydrogen) atoms. The summed E-state index contributed by atoms with van der Waals surface area (Å²) < 4.78 is 1.86. The molecule has 0 radical (unpaired) electrons. The van der Waals surface area contributed by atoms with E-state index in [0.717, 1.165) is 28.1 Å². The van der Waals surface area contributed by atoms with Crippen molar-refractivity contribution in [2.45, 2.75) is 45.3 Å². The first-order valence-electron chi connectivity index (χ1n) is 13.2. The Morgan fingerprint density at radius 2 is 1.69 bits per heavy atom. The normalized spacial score (nSPS) is 18.2. The molecule has 0 aliphatic carbocycles. The summed E-state index contributed by atoms with van der Waals surface area (Å²) in [5, 5.41) is 9.26. The predicted molar refractivity (Wildman–Crippen MR) is 157 cm³/mol. The highest BCUT2D eigenvalue weighted by molar-refractivity contribution is 8.00. The summed E-state index contributed by atoms with van der Waals surface area (Å²) in [6.45, 7) is 11.9. The molecule has 2 aliphatic heterocycles. The quantitative estimate of drug-likeness (QED) is 0.469. The maximum atomic E-state index is 13.8. The number of rotatable bonds is 4. The van der Waals surface area contributed by atoms with Gasteiger partial charge in [-0.25, -0.2) is 4.68 Å². The van der Waals surface area contributed by atoms with E-state index in [1.807, 2.05) is 35.9 Å². The molecular weight excluding hydrogens is 530 g/mol. The second-order valence-electron chi connectivity index (χ2n) is 11.2. The predicted octanol–water partition coefficient (Wildman–Crippen LogP) is 4.40. The van der Waals surface area contributed by atoms with Gasteiger partial charge in [0.15, 0.2) is 0 Å². The number of thiophene rings is 1. The second kappa shape index (κ2) is 10.8. The molecule has 0 bridgehead atoms. The number of hydrogen-bond acceptors (Lipinski definition) is 6. The summed E-state index contributed by atoms with van der Waals surface area (Å²) in [4.78, 5) is 44.3. The second-order valence-corrected chi connectivity index (χ2v) is 13.1. The number of amides is 3. The molecule has 5 rings (SSSR count). The highest BCUT2D eigenvalue weighted by Gasteiger charge is 2.40. The molecule has 4 heterocycles. The Labute approximate surface area is 238 Å². The third-order valence-corrected chi connectivity index (χ3v) is 9.25. The maximum absolute atomic E-state index is 13.8. The first-order valence-corrected chi connectivity index (χ1v) is 15.2. The average Bonchev–Trinajstić information content (AvgIpc) is 3.54. The Balaban J connectivity index is 1.62. The smallest absolute Gasteiger partial charge is 0.242 e. The third-order valence-electron chi connectivity index (χ3n) is 7.29. The minimum absolute atomic E-state index is 0.0163. The Morgan fingerprint density at radius 1 is 1.03 bits per heavy atom. The van der Waals surface area contributed by atoms with Crippen LogP contribution in [-0.4, -0.2) is 75.8 Å². The molecule has 3 amide bonds. The molecule has 1 aromatic carbocycles. The number of carbonyl (C=O) groups excluding carboxylic acids is 3. The van der Waals surface area contributed by atoms with E-state index in [9.17, 15) is 14.4 Å². The molecule has 0 saturated carbocycles. The van der Waals surface area contributed by atoms with Gasteiger partial charge in [0.1, 0.15) is 12.4 Å². The van der Waals surface area contributed by atoms with E-state index in [2.05, 4.69) is 37.6 Å². The van der Waals surface area contributed by atoms with Crippen LogP contribution < -0.4 is 4.90 Å². The van der Waals surface area contributed by atoms with E-state index in [-0.39, 0.29) is 40.7 Å². The van der Waals surface area contributed by atoms with Gasteiger partial charge in [0.05, 0.1) is 22.4 Å². The SMILES string of the molecule is CC(=O)N1CCN(C(=O)CN2C(=O)CS[C@H](c3ccsc3)c3c(C(C)(C)C)nn(-c4ccc(C)cc4)c32)CC1. The van der Waals surface area contributed by atoms with Crippen LogP contribution >= 0.6 is 23.1 Å². The van der Waals surface area contributed by atoms with Gasteiger partial charge in [-0.1, -0.05) is 38.5 Å². The van der Waals surface area contributed by atoms with Crippen LogP contribution in [0.3, 0.4) is 0 Å². The molecule has 1 atom stereocenters. The highest BCUT2D eigenvalue weighted by atomic mass is 32.2. The molecule has 1 fully saturated rings. The molecule has 3 aromatic rings. The number of aryl methyl sites for hydroxylation is 1. The van der Waals surface area contributed by atoms with Crippen molar-refractivity contribution < 1.29 is 14.4 Å². The van der Waals surface area contributed by atoms with Crippen molar-refractivity contribution in [2.24, 2.45) is 0 Å². The lowest BCUT2D eigenvalue weighted by Gasteiger charge is -2.35. The molecule has 206 valence electrons. The van der Waals surface area contributed by atoms with Crippen LogP contribution in [-0.2, 0) is 19.8 Å². The van der Waals surface area contributed by atoms with Crippen LogP contribution in [0.5, 0.6) is 0 Å². The first-order chi connectivity index (χ1) is 18.5. The number of anilines is 1. The first kappa shape index (κ1) is 27.5. The molecular formula is C29H35N5O3S2. The lowest BCUT2D eigenvalue weighted by Crippen LogP contribution is -2.53. The molecule has 0 unspecified atom stereocenters. The van der Waals surface area contributed by atoms with Crippen LogP contribution in [0, 0.1) is 6.92 Å². The van der Waals surface area contributed by atoms with Gasteiger partial charge in [-0.05, 0) is 41.4 Å². The zero-order valence-corrected chi connectivity index (χ0v) is 24.8. The summed E-state index contributed by atoms with van der Waals surface area (Å²) in [7, 11) is 0. The van der Waals surface area contributed by atoms with Crippen LogP contribution in [0.4, 0.5) is 5.82 Å². The van der Waals surface area contributed by atoms with Crippen LogP contribution in [0.15, 0.2) is 41.1 Å². The van der Waals surface area contributed by atoms with E-state index < -0.39 is 0 Å². The van der Waals surface area contributed by atoms with Crippen LogP contribution in [0.1, 0.15) is 55.3 Å². The fourth-order valence-corrected chi connectivity index (χ4v) is 7.09. The number of hydrogen-bond donors (Lipinski definition) is 0. The number of benzene rings is 1. The minimum atomic E-state index is -0.291. The molecule has 8 nitrogen and oxygen atoms in total. The molecule has 2 aromatic heterocycles. The van der Waals surface area contributed by atoms with Gasteiger partial charge in [-0.2, -0.15) is 16.4 Å². The van der Waals surface area contributed by atoms with Crippen LogP contribution in [0.2, 0.25) is 0 Å². The summed E-state index contributed by atoms with van der Waals surface area (Å²) in [5.41, 5.74) is 4.74. The Morgan fingerprint density at radius 3 is 2.28 bits per heavy atom. The van der Waals surface area contributed by atoms with E-state index in [4.69, 9.17) is 5.10 Å². The molecule has 1 saturated heterocycles. The van der Waals surface area contributed by atoms with Gasteiger partial charge >= 0.3 is 0 Å². The van der Waals surface area contributed by atoms with Crippen molar-refractivity contribution in [3.8, 4) is 5.69 Å². The summed E-state index contributed by atoms with van der Waals surface area (Å²) in [6, 6.07) is 10.2. The topological polar surface area (TPSA) is 78.8 Å². The van der Waals surface area contributed by atoms with Gasteiger partial charge in [-0.15, -0.1) is 11.8 Å². The minimum Gasteiger partial charge on any atom is -0.339 e. The van der Waals surface area contributed by atoms with Crippen molar-refractivity contribution >= 4 is 46.6 Å². The highest BCUT2D eigenvalue weighted by Crippen LogP contribution is 2.48.